The highest BCUT2D eigenvalue weighted by Gasteiger charge is 2.20. The summed E-state index contributed by atoms with van der Waals surface area (Å²) in [6.07, 6.45) is 0. The number of halogens is 1. The van der Waals surface area contributed by atoms with Crippen molar-refractivity contribution in [3.05, 3.63) is 64.3 Å². The van der Waals surface area contributed by atoms with E-state index in [4.69, 9.17) is 10.2 Å². The number of fused-ring (bicyclic) bond motifs is 1. The average Bonchev–Trinajstić information content (AvgIpc) is 2.78. The first-order chi connectivity index (χ1) is 9.18. The fraction of sp³-hybridized carbons (Fsp3) is 0. The fourth-order valence-electron chi connectivity index (χ4n) is 1.99. The van der Waals surface area contributed by atoms with Crippen molar-refractivity contribution in [3.63, 3.8) is 0 Å². The van der Waals surface area contributed by atoms with Crippen LogP contribution in [0, 0.1) is 0 Å². The third kappa shape index (κ3) is 1.94. The van der Waals surface area contributed by atoms with Crippen molar-refractivity contribution in [1.82, 2.24) is 0 Å². The van der Waals surface area contributed by atoms with Gasteiger partial charge in [0.15, 0.2) is 11.3 Å². The van der Waals surface area contributed by atoms with Crippen molar-refractivity contribution in [2.75, 3.05) is 5.73 Å². The van der Waals surface area contributed by atoms with E-state index in [9.17, 15) is 4.79 Å². The van der Waals surface area contributed by atoms with Gasteiger partial charge in [0.2, 0.25) is 5.78 Å². The lowest BCUT2D eigenvalue weighted by Gasteiger charge is -1.97. The number of hydrogen-bond acceptors (Lipinski definition) is 3. The lowest BCUT2D eigenvalue weighted by Crippen LogP contribution is -2.02. The molecule has 0 aliphatic rings. The van der Waals surface area contributed by atoms with E-state index in [0.29, 0.717) is 16.8 Å². The summed E-state index contributed by atoms with van der Waals surface area (Å²) in [4.78, 5) is 12.4. The Morgan fingerprint density at radius 2 is 1.79 bits per heavy atom. The Hall–Kier alpha value is -2.07. The molecule has 94 valence electrons. The molecule has 2 aromatic carbocycles. The first kappa shape index (κ1) is 12.0. The van der Waals surface area contributed by atoms with Crippen LogP contribution in [-0.4, -0.2) is 5.78 Å². The summed E-state index contributed by atoms with van der Waals surface area (Å²) in [6, 6.07) is 14.5. The highest BCUT2D eigenvalue weighted by molar-refractivity contribution is 9.10. The molecule has 1 aromatic heterocycles. The summed E-state index contributed by atoms with van der Waals surface area (Å²) in [5.74, 6) is -0.0192. The summed E-state index contributed by atoms with van der Waals surface area (Å²) in [5, 5.41) is 0.744. The van der Waals surface area contributed by atoms with Crippen molar-refractivity contribution in [3.8, 4) is 0 Å². The van der Waals surface area contributed by atoms with Crippen LogP contribution >= 0.6 is 15.9 Å². The summed E-state index contributed by atoms with van der Waals surface area (Å²) in [6.45, 7) is 0. The number of anilines is 1. The van der Waals surface area contributed by atoms with Gasteiger partial charge >= 0.3 is 0 Å². The van der Waals surface area contributed by atoms with E-state index >= 15 is 0 Å². The minimum Gasteiger partial charge on any atom is -0.449 e. The molecule has 3 rings (SSSR count). The summed E-state index contributed by atoms with van der Waals surface area (Å²) in [7, 11) is 0. The molecule has 0 unspecified atom stereocenters. The number of rotatable bonds is 2. The van der Waals surface area contributed by atoms with Gasteiger partial charge in [-0.2, -0.15) is 0 Å². The molecule has 0 aliphatic carbocycles. The molecular formula is C15H10BrNO2. The molecule has 4 heteroatoms. The van der Waals surface area contributed by atoms with Gasteiger partial charge in [0.25, 0.3) is 0 Å². The molecule has 0 saturated heterocycles. The highest BCUT2D eigenvalue weighted by atomic mass is 79.9. The van der Waals surface area contributed by atoms with Gasteiger partial charge in [0.05, 0.1) is 10.2 Å². The predicted octanol–water partition coefficient (Wildman–Crippen LogP) is 4.01. The molecule has 3 aromatic rings. The van der Waals surface area contributed by atoms with E-state index in [1.54, 1.807) is 12.1 Å². The van der Waals surface area contributed by atoms with Crippen LogP contribution in [0.25, 0.3) is 11.0 Å². The number of para-hydroxylation sites is 1. The third-order valence-electron chi connectivity index (χ3n) is 2.95. The maximum absolute atomic E-state index is 12.4. The van der Waals surface area contributed by atoms with Gasteiger partial charge in [-0.25, -0.2) is 0 Å². The van der Waals surface area contributed by atoms with E-state index in [1.807, 2.05) is 36.4 Å². The first-order valence-corrected chi connectivity index (χ1v) is 6.54. The smallest absolute Gasteiger partial charge is 0.230 e. The molecular weight excluding hydrogens is 306 g/mol. The van der Waals surface area contributed by atoms with Gasteiger partial charge in [-0.05, 0) is 28.1 Å². The topological polar surface area (TPSA) is 56.2 Å². The zero-order valence-electron chi connectivity index (χ0n) is 9.89. The summed E-state index contributed by atoms with van der Waals surface area (Å²) < 4.78 is 6.41. The average molecular weight is 316 g/mol. The van der Waals surface area contributed by atoms with Crippen molar-refractivity contribution >= 4 is 38.4 Å². The largest absolute Gasteiger partial charge is 0.449 e. The highest BCUT2D eigenvalue weighted by Crippen LogP contribution is 2.34. The predicted molar refractivity (Wildman–Crippen MR) is 78.2 cm³/mol. The van der Waals surface area contributed by atoms with E-state index in [0.717, 1.165) is 9.86 Å². The van der Waals surface area contributed by atoms with Crippen molar-refractivity contribution in [1.29, 1.82) is 0 Å². The number of hydrogen-bond donors (Lipinski definition) is 1. The Labute approximate surface area is 118 Å². The van der Waals surface area contributed by atoms with Gasteiger partial charge in [-0.1, -0.05) is 36.4 Å². The maximum Gasteiger partial charge on any atom is 0.230 e. The second-order valence-electron chi connectivity index (χ2n) is 4.16. The van der Waals surface area contributed by atoms with Crippen LogP contribution in [0.3, 0.4) is 0 Å². The van der Waals surface area contributed by atoms with Crippen LogP contribution in [0.15, 0.2) is 57.4 Å². The fourth-order valence-corrected chi connectivity index (χ4v) is 2.44. The molecule has 3 nitrogen and oxygen atoms in total. The van der Waals surface area contributed by atoms with Crippen LogP contribution in [0.4, 0.5) is 5.69 Å². The van der Waals surface area contributed by atoms with Gasteiger partial charge in [-0.15, -0.1) is 0 Å². The lowest BCUT2D eigenvalue weighted by atomic mass is 10.1. The van der Waals surface area contributed by atoms with Crippen LogP contribution < -0.4 is 5.73 Å². The Balaban J connectivity index is 2.19. The van der Waals surface area contributed by atoms with Crippen molar-refractivity contribution in [2.45, 2.75) is 0 Å². The summed E-state index contributed by atoms with van der Waals surface area (Å²) in [5.41, 5.74) is 7.55. The monoisotopic (exact) mass is 315 g/mol. The van der Waals surface area contributed by atoms with Gasteiger partial charge in [-0.3, -0.25) is 4.79 Å². The number of furan rings is 1. The van der Waals surface area contributed by atoms with Crippen LogP contribution in [0.2, 0.25) is 0 Å². The number of nitrogen functional groups attached to an aromatic ring is 1. The minimum atomic E-state index is -0.207. The van der Waals surface area contributed by atoms with Gasteiger partial charge in [0, 0.05) is 10.9 Å². The number of nitrogens with two attached hydrogens (primary N) is 1. The molecule has 0 bridgehead atoms. The molecule has 0 fully saturated rings. The third-order valence-corrected chi connectivity index (χ3v) is 3.57. The number of benzene rings is 2. The molecule has 0 atom stereocenters. The van der Waals surface area contributed by atoms with E-state index in [-0.39, 0.29) is 11.5 Å². The molecule has 1 heterocycles. The molecule has 0 spiro atoms. The normalized spacial score (nSPS) is 10.8. The molecule has 0 radical (unpaired) electrons. The van der Waals surface area contributed by atoms with Crippen molar-refractivity contribution < 1.29 is 9.21 Å². The number of ketones is 1. The van der Waals surface area contributed by atoms with E-state index in [2.05, 4.69) is 15.9 Å². The molecule has 19 heavy (non-hydrogen) atoms. The molecule has 0 amide bonds. The number of carbonyl (C=O) groups excluding carboxylic acids is 1. The number of carbonyl (C=O) groups is 1. The Kier molecular flexibility index (Phi) is 2.87. The van der Waals surface area contributed by atoms with Crippen LogP contribution in [0.5, 0.6) is 0 Å². The first-order valence-electron chi connectivity index (χ1n) is 5.74. The Bertz CT molecular complexity index is 762. The van der Waals surface area contributed by atoms with E-state index < -0.39 is 0 Å². The van der Waals surface area contributed by atoms with Crippen LogP contribution in [-0.2, 0) is 0 Å². The van der Waals surface area contributed by atoms with Crippen molar-refractivity contribution in [2.24, 2.45) is 0 Å². The second-order valence-corrected chi connectivity index (χ2v) is 5.01. The zero-order chi connectivity index (χ0) is 13.4. The van der Waals surface area contributed by atoms with Gasteiger partial charge in [0.1, 0.15) is 0 Å². The molecule has 0 saturated carbocycles. The second kappa shape index (κ2) is 4.55. The van der Waals surface area contributed by atoms with Crippen LogP contribution in [0.1, 0.15) is 16.1 Å². The van der Waals surface area contributed by atoms with E-state index in [1.165, 1.54) is 0 Å². The quantitative estimate of drug-likeness (QED) is 0.727. The molecule has 2 N–H and O–H groups in total. The lowest BCUT2D eigenvalue weighted by molar-refractivity contribution is 0.101. The van der Waals surface area contributed by atoms with Gasteiger partial charge < -0.3 is 10.2 Å². The minimum absolute atomic E-state index is 0.188. The Morgan fingerprint density at radius 3 is 2.47 bits per heavy atom. The summed E-state index contributed by atoms with van der Waals surface area (Å²) >= 11 is 3.39. The zero-order valence-corrected chi connectivity index (χ0v) is 11.5. The standard InChI is InChI=1S/C15H10BrNO2/c16-11-8-4-7-10-12(17)15(19-14(10)11)13(18)9-5-2-1-3-6-9/h1-8H,17H2. The SMILES string of the molecule is Nc1c(C(=O)c2ccccc2)oc2c(Br)cccc12. The Morgan fingerprint density at radius 1 is 1.05 bits per heavy atom. The maximum atomic E-state index is 12.4. The molecule has 0 aliphatic heterocycles.